The van der Waals surface area contributed by atoms with Gasteiger partial charge in [0.1, 0.15) is 0 Å². The number of aryl methyl sites for hydroxylation is 1. The average molecular weight is 262 g/mol. The van der Waals surface area contributed by atoms with Gasteiger partial charge in [0.05, 0.1) is 13.0 Å². The second-order valence-electron chi connectivity index (χ2n) is 5.00. The highest BCUT2D eigenvalue weighted by molar-refractivity contribution is 5.70. The Balaban J connectivity index is 2.18. The number of pyridine rings is 1. The van der Waals surface area contributed by atoms with Gasteiger partial charge in [0.15, 0.2) is 0 Å². The van der Waals surface area contributed by atoms with Crippen molar-refractivity contribution in [3.05, 3.63) is 29.6 Å². The zero-order valence-electron chi connectivity index (χ0n) is 11.8. The molecule has 104 valence electrons. The molecule has 2 rings (SSSR count). The van der Waals surface area contributed by atoms with Crippen LogP contribution in [0.2, 0.25) is 0 Å². The van der Waals surface area contributed by atoms with Gasteiger partial charge in [0, 0.05) is 18.4 Å². The van der Waals surface area contributed by atoms with E-state index in [1.54, 1.807) is 6.20 Å². The molecule has 0 aromatic carbocycles. The van der Waals surface area contributed by atoms with Gasteiger partial charge in [0.25, 0.3) is 0 Å². The number of likely N-dealkylation sites (tertiary alicyclic amines) is 1. The number of nitrogens with zero attached hydrogens (tertiary/aromatic N) is 2. The third-order valence-corrected chi connectivity index (χ3v) is 3.69. The Hall–Kier alpha value is -1.42. The summed E-state index contributed by atoms with van der Waals surface area (Å²) < 4.78 is 5.11. The SMILES string of the molecule is CCOC(=O)CC(c1cnccc1C)N1CCCC1. The summed E-state index contributed by atoms with van der Waals surface area (Å²) in [5.41, 5.74) is 2.34. The fourth-order valence-corrected chi connectivity index (χ4v) is 2.69. The van der Waals surface area contributed by atoms with Crippen LogP contribution in [0.5, 0.6) is 0 Å². The molecule has 1 atom stereocenters. The molecule has 0 radical (unpaired) electrons. The fourth-order valence-electron chi connectivity index (χ4n) is 2.69. The van der Waals surface area contributed by atoms with Gasteiger partial charge in [-0.15, -0.1) is 0 Å². The van der Waals surface area contributed by atoms with E-state index in [0.717, 1.165) is 18.7 Å². The molecular formula is C15H22N2O2. The largest absolute Gasteiger partial charge is 0.466 e. The summed E-state index contributed by atoms with van der Waals surface area (Å²) in [6.45, 7) is 6.47. The highest BCUT2D eigenvalue weighted by Crippen LogP contribution is 2.29. The van der Waals surface area contributed by atoms with Crippen molar-refractivity contribution in [3.63, 3.8) is 0 Å². The van der Waals surface area contributed by atoms with E-state index >= 15 is 0 Å². The number of esters is 1. The first-order valence-electron chi connectivity index (χ1n) is 7.02. The monoisotopic (exact) mass is 262 g/mol. The molecular weight excluding hydrogens is 240 g/mol. The van der Waals surface area contributed by atoms with Crippen LogP contribution in [0.3, 0.4) is 0 Å². The number of rotatable bonds is 5. The molecule has 19 heavy (non-hydrogen) atoms. The van der Waals surface area contributed by atoms with Crippen molar-refractivity contribution < 1.29 is 9.53 Å². The van der Waals surface area contributed by atoms with Crippen LogP contribution in [0.4, 0.5) is 0 Å². The molecule has 1 aromatic rings. The van der Waals surface area contributed by atoms with Crippen LogP contribution in [-0.4, -0.2) is 35.5 Å². The van der Waals surface area contributed by atoms with Crippen LogP contribution in [0.1, 0.15) is 43.4 Å². The third-order valence-electron chi connectivity index (χ3n) is 3.69. The number of ether oxygens (including phenoxy) is 1. The maximum absolute atomic E-state index is 11.8. The van der Waals surface area contributed by atoms with Crippen LogP contribution < -0.4 is 0 Å². The number of hydrogen-bond donors (Lipinski definition) is 0. The van der Waals surface area contributed by atoms with Crippen molar-refractivity contribution in [3.8, 4) is 0 Å². The summed E-state index contributed by atoms with van der Waals surface area (Å²) in [5, 5.41) is 0. The Labute approximate surface area is 114 Å². The molecule has 4 heteroatoms. The molecule has 1 aliphatic rings. The van der Waals surface area contributed by atoms with Crippen molar-refractivity contribution in [2.75, 3.05) is 19.7 Å². The summed E-state index contributed by atoms with van der Waals surface area (Å²) in [6, 6.07) is 2.11. The molecule has 1 aliphatic heterocycles. The smallest absolute Gasteiger partial charge is 0.307 e. The minimum Gasteiger partial charge on any atom is -0.466 e. The van der Waals surface area contributed by atoms with Crippen LogP contribution in [0.15, 0.2) is 18.5 Å². The van der Waals surface area contributed by atoms with Crippen molar-refractivity contribution >= 4 is 5.97 Å². The average Bonchev–Trinajstić information content (AvgIpc) is 2.91. The van der Waals surface area contributed by atoms with Crippen molar-refractivity contribution in [1.82, 2.24) is 9.88 Å². The summed E-state index contributed by atoms with van der Waals surface area (Å²) in [7, 11) is 0. The highest BCUT2D eigenvalue weighted by atomic mass is 16.5. The van der Waals surface area contributed by atoms with Gasteiger partial charge in [-0.25, -0.2) is 0 Å². The Morgan fingerprint density at radius 1 is 1.47 bits per heavy atom. The number of hydrogen-bond acceptors (Lipinski definition) is 4. The third kappa shape index (κ3) is 3.53. The van der Waals surface area contributed by atoms with E-state index < -0.39 is 0 Å². The molecule has 1 aromatic heterocycles. The molecule has 0 bridgehead atoms. The first kappa shape index (κ1) is 14.0. The van der Waals surface area contributed by atoms with E-state index in [1.807, 2.05) is 19.2 Å². The van der Waals surface area contributed by atoms with Crippen LogP contribution >= 0.6 is 0 Å². The second-order valence-corrected chi connectivity index (χ2v) is 5.00. The predicted molar refractivity (Wildman–Crippen MR) is 73.8 cm³/mol. The lowest BCUT2D eigenvalue weighted by Crippen LogP contribution is -2.29. The minimum atomic E-state index is -0.123. The Bertz CT molecular complexity index is 428. The molecule has 0 N–H and O–H groups in total. The molecule has 0 spiro atoms. The molecule has 1 saturated heterocycles. The topological polar surface area (TPSA) is 42.4 Å². The zero-order valence-corrected chi connectivity index (χ0v) is 11.8. The predicted octanol–water partition coefficient (Wildman–Crippen LogP) is 2.48. The summed E-state index contributed by atoms with van der Waals surface area (Å²) in [6.07, 6.45) is 6.51. The number of aromatic nitrogens is 1. The van der Waals surface area contributed by atoms with Crippen molar-refractivity contribution in [2.24, 2.45) is 0 Å². The van der Waals surface area contributed by atoms with Crippen LogP contribution in [0.25, 0.3) is 0 Å². The number of carbonyl (C=O) groups is 1. The van der Waals surface area contributed by atoms with E-state index in [1.165, 1.54) is 18.4 Å². The lowest BCUT2D eigenvalue weighted by molar-refractivity contribution is -0.144. The van der Waals surface area contributed by atoms with Gasteiger partial charge in [-0.1, -0.05) is 0 Å². The first-order valence-corrected chi connectivity index (χ1v) is 7.02. The maximum Gasteiger partial charge on any atom is 0.307 e. The van der Waals surface area contributed by atoms with Crippen molar-refractivity contribution in [1.29, 1.82) is 0 Å². The van der Waals surface area contributed by atoms with Gasteiger partial charge >= 0.3 is 5.97 Å². The molecule has 1 unspecified atom stereocenters. The fraction of sp³-hybridized carbons (Fsp3) is 0.600. The normalized spacial score (nSPS) is 17.4. The van der Waals surface area contributed by atoms with Gasteiger partial charge in [-0.2, -0.15) is 0 Å². The molecule has 0 aliphatic carbocycles. The van der Waals surface area contributed by atoms with E-state index in [0.29, 0.717) is 13.0 Å². The van der Waals surface area contributed by atoms with Crippen LogP contribution in [0, 0.1) is 6.92 Å². The maximum atomic E-state index is 11.8. The molecule has 0 saturated carbocycles. The Morgan fingerprint density at radius 3 is 2.84 bits per heavy atom. The van der Waals surface area contributed by atoms with Crippen LogP contribution in [-0.2, 0) is 9.53 Å². The number of carbonyl (C=O) groups excluding carboxylic acids is 1. The molecule has 0 amide bonds. The van der Waals surface area contributed by atoms with E-state index in [2.05, 4.69) is 16.8 Å². The molecule has 2 heterocycles. The lowest BCUT2D eigenvalue weighted by atomic mass is 10.00. The Morgan fingerprint density at radius 2 is 2.21 bits per heavy atom. The second kappa shape index (κ2) is 6.66. The molecule has 1 fully saturated rings. The minimum absolute atomic E-state index is 0.107. The molecule has 4 nitrogen and oxygen atoms in total. The lowest BCUT2D eigenvalue weighted by Gasteiger charge is -2.28. The van der Waals surface area contributed by atoms with Gasteiger partial charge < -0.3 is 4.74 Å². The van der Waals surface area contributed by atoms with Gasteiger partial charge in [-0.3, -0.25) is 14.7 Å². The van der Waals surface area contributed by atoms with Gasteiger partial charge in [0.2, 0.25) is 0 Å². The van der Waals surface area contributed by atoms with E-state index in [9.17, 15) is 4.79 Å². The van der Waals surface area contributed by atoms with Crippen molar-refractivity contribution in [2.45, 2.75) is 39.2 Å². The quantitative estimate of drug-likeness (QED) is 0.765. The summed E-state index contributed by atoms with van der Waals surface area (Å²) >= 11 is 0. The Kier molecular flexibility index (Phi) is 4.91. The first-order chi connectivity index (χ1) is 9.22. The zero-order chi connectivity index (χ0) is 13.7. The van der Waals surface area contributed by atoms with E-state index in [4.69, 9.17) is 4.74 Å². The summed E-state index contributed by atoms with van der Waals surface area (Å²) in [4.78, 5) is 18.4. The highest BCUT2D eigenvalue weighted by Gasteiger charge is 2.27. The van der Waals surface area contributed by atoms with E-state index in [-0.39, 0.29) is 12.0 Å². The summed E-state index contributed by atoms with van der Waals surface area (Å²) in [5.74, 6) is -0.123. The van der Waals surface area contributed by atoms with Gasteiger partial charge in [-0.05, 0) is 57.0 Å². The standard InChI is InChI=1S/C15H22N2O2/c1-3-19-15(18)10-14(17-8-4-5-9-17)13-11-16-7-6-12(13)2/h6-7,11,14H,3-5,8-10H2,1-2H3.